The number of aliphatic hydroxyl groups excluding tert-OH is 1. The molecule has 0 saturated carbocycles. The molecule has 1 aromatic rings. The van der Waals surface area contributed by atoms with Crippen LogP contribution in [0.3, 0.4) is 0 Å². The Kier molecular flexibility index (Phi) is 3.71. The summed E-state index contributed by atoms with van der Waals surface area (Å²) in [7, 11) is 1.58. The number of nitrogens with zero attached hydrogens (tertiary/aromatic N) is 2. The maximum Gasteiger partial charge on any atom is 0.326 e. The summed E-state index contributed by atoms with van der Waals surface area (Å²) < 4.78 is 0. The van der Waals surface area contributed by atoms with Crippen LogP contribution in [0.4, 0.5) is 10.5 Å². The van der Waals surface area contributed by atoms with E-state index in [9.17, 15) is 14.7 Å². The smallest absolute Gasteiger partial charge is 0.326 e. The van der Waals surface area contributed by atoms with Gasteiger partial charge in [0.15, 0.2) is 0 Å². The van der Waals surface area contributed by atoms with E-state index in [1.807, 2.05) is 6.07 Å². The molecule has 2 rings (SSSR count). The number of hydrogen-bond acceptors (Lipinski definition) is 3. The number of amides is 2. The number of likely N-dealkylation sites (tertiary alicyclic amines) is 1. The zero-order valence-electron chi connectivity index (χ0n) is 10.6. The van der Waals surface area contributed by atoms with Gasteiger partial charge in [0.25, 0.3) is 0 Å². The van der Waals surface area contributed by atoms with Gasteiger partial charge in [-0.3, -0.25) is 4.90 Å². The van der Waals surface area contributed by atoms with E-state index in [-0.39, 0.29) is 13.0 Å². The van der Waals surface area contributed by atoms with E-state index in [0.29, 0.717) is 5.69 Å². The molecule has 1 heterocycles. The van der Waals surface area contributed by atoms with E-state index >= 15 is 0 Å². The van der Waals surface area contributed by atoms with Crippen molar-refractivity contribution in [1.82, 2.24) is 4.90 Å². The van der Waals surface area contributed by atoms with Crippen LogP contribution in [0.2, 0.25) is 0 Å². The molecule has 19 heavy (non-hydrogen) atoms. The summed E-state index contributed by atoms with van der Waals surface area (Å²) in [5.41, 5.74) is 0.679. The third-order valence-electron chi connectivity index (χ3n) is 3.24. The number of carboxylic acids is 1. The molecule has 1 aliphatic rings. The van der Waals surface area contributed by atoms with Gasteiger partial charge in [-0.05, 0) is 12.1 Å². The highest BCUT2D eigenvalue weighted by molar-refractivity contribution is 5.94. The molecule has 0 aliphatic carbocycles. The Morgan fingerprint density at radius 3 is 2.53 bits per heavy atom. The van der Waals surface area contributed by atoms with Crippen LogP contribution in [0.25, 0.3) is 0 Å². The van der Waals surface area contributed by atoms with Crippen molar-refractivity contribution < 1.29 is 19.8 Å². The molecule has 6 nitrogen and oxygen atoms in total. The third-order valence-corrected chi connectivity index (χ3v) is 3.24. The molecule has 1 aliphatic heterocycles. The van der Waals surface area contributed by atoms with Crippen molar-refractivity contribution in [3.05, 3.63) is 30.3 Å². The quantitative estimate of drug-likeness (QED) is 0.826. The fourth-order valence-electron chi connectivity index (χ4n) is 2.21. The fourth-order valence-corrected chi connectivity index (χ4v) is 2.21. The number of urea groups is 1. The van der Waals surface area contributed by atoms with Crippen molar-refractivity contribution in [1.29, 1.82) is 0 Å². The molecule has 1 saturated heterocycles. The minimum Gasteiger partial charge on any atom is -0.480 e. The summed E-state index contributed by atoms with van der Waals surface area (Å²) in [6, 6.07) is 7.57. The number of aliphatic hydroxyl groups is 1. The standard InChI is InChI=1S/C13H16N2O4/c1-14(9-5-3-2-4-6-9)13(19)15-8-10(16)7-11(15)12(17)18/h2-6,10-11,16H,7-8H2,1H3,(H,17,18). The lowest BCUT2D eigenvalue weighted by Crippen LogP contribution is -2.47. The first-order valence-corrected chi connectivity index (χ1v) is 6.01. The maximum atomic E-state index is 12.3. The van der Waals surface area contributed by atoms with Gasteiger partial charge in [-0.15, -0.1) is 0 Å². The summed E-state index contributed by atoms with van der Waals surface area (Å²) in [6.07, 6.45) is -0.710. The molecule has 102 valence electrons. The normalized spacial score (nSPS) is 22.3. The molecule has 1 aromatic carbocycles. The molecule has 2 amide bonds. The van der Waals surface area contributed by atoms with Crippen LogP contribution in [0.5, 0.6) is 0 Å². The Morgan fingerprint density at radius 1 is 1.32 bits per heavy atom. The van der Waals surface area contributed by atoms with Gasteiger partial charge in [-0.2, -0.15) is 0 Å². The van der Waals surface area contributed by atoms with Crippen LogP contribution in [0, 0.1) is 0 Å². The fraction of sp³-hybridized carbons (Fsp3) is 0.385. The van der Waals surface area contributed by atoms with E-state index in [0.717, 1.165) is 0 Å². The predicted octanol–water partition coefficient (Wildman–Crippen LogP) is 0.763. The van der Waals surface area contributed by atoms with Crippen molar-refractivity contribution in [3.8, 4) is 0 Å². The first-order chi connectivity index (χ1) is 9.00. The number of carbonyl (C=O) groups is 2. The predicted molar refractivity (Wildman–Crippen MR) is 69.0 cm³/mol. The Morgan fingerprint density at radius 2 is 1.95 bits per heavy atom. The van der Waals surface area contributed by atoms with Gasteiger partial charge in [0.1, 0.15) is 6.04 Å². The number of aliphatic carboxylic acids is 1. The van der Waals surface area contributed by atoms with E-state index in [1.165, 1.54) is 9.80 Å². The Bertz CT molecular complexity index is 477. The van der Waals surface area contributed by atoms with E-state index in [1.54, 1.807) is 31.3 Å². The summed E-state index contributed by atoms with van der Waals surface area (Å²) in [5, 5.41) is 18.6. The average Bonchev–Trinajstić information content (AvgIpc) is 2.80. The Hall–Kier alpha value is -2.08. The highest BCUT2D eigenvalue weighted by Gasteiger charge is 2.40. The number of anilines is 1. The second-order valence-corrected chi connectivity index (χ2v) is 4.57. The number of carbonyl (C=O) groups excluding carboxylic acids is 1. The zero-order valence-corrected chi connectivity index (χ0v) is 10.6. The molecule has 2 atom stereocenters. The molecule has 0 radical (unpaired) electrons. The largest absolute Gasteiger partial charge is 0.480 e. The van der Waals surface area contributed by atoms with Crippen molar-refractivity contribution >= 4 is 17.7 Å². The molecular formula is C13H16N2O4. The first kappa shape index (κ1) is 13.4. The number of hydrogen-bond donors (Lipinski definition) is 2. The van der Waals surface area contributed by atoms with Crippen LogP contribution >= 0.6 is 0 Å². The Balaban J connectivity index is 2.17. The Labute approximate surface area is 110 Å². The van der Waals surface area contributed by atoms with E-state index < -0.39 is 24.1 Å². The minimum absolute atomic E-state index is 0.0486. The number of carboxylic acid groups (broad SMARTS) is 1. The number of benzene rings is 1. The highest BCUT2D eigenvalue weighted by atomic mass is 16.4. The molecule has 2 unspecified atom stereocenters. The molecule has 0 aromatic heterocycles. The van der Waals surface area contributed by atoms with Crippen molar-refractivity contribution in [2.45, 2.75) is 18.6 Å². The van der Waals surface area contributed by atoms with Gasteiger partial charge in [-0.1, -0.05) is 18.2 Å². The van der Waals surface area contributed by atoms with E-state index in [4.69, 9.17) is 5.11 Å². The lowest BCUT2D eigenvalue weighted by atomic mass is 10.2. The van der Waals surface area contributed by atoms with Crippen LogP contribution < -0.4 is 4.90 Å². The monoisotopic (exact) mass is 264 g/mol. The number of rotatable bonds is 2. The summed E-state index contributed by atoms with van der Waals surface area (Å²) in [4.78, 5) is 26.0. The lowest BCUT2D eigenvalue weighted by Gasteiger charge is -2.27. The molecule has 2 N–H and O–H groups in total. The molecule has 0 bridgehead atoms. The van der Waals surface area contributed by atoms with Crippen LogP contribution in [0.1, 0.15) is 6.42 Å². The summed E-state index contributed by atoms with van der Waals surface area (Å²) in [5.74, 6) is -1.09. The second-order valence-electron chi connectivity index (χ2n) is 4.57. The van der Waals surface area contributed by atoms with Gasteiger partial charge < -0.3 is 15.1 Å². The van der Waals surface area contributed by atoms with Crippen LogP contribution in [-0.2, 0) is 4.79 Å². The molecule has 0 spiro atoms. The van der Waals surface area contributed by atoms with Crippen molar-refractivity contribution in [3.63, 3.8) is 0 Å². The van der Waals surface area contributed by atoms with Crippen molar-refractivity contribution in [2.24, 2.45) is 0 Å². The zero-order chi connectivity index (χ0) is 14.0. The molecular weight excluding hydrogens is 248 g/mol. The number of β-amino-alcohol motifs (C(OH)–C–C–N with tert-alkyl or cyclic N) is 1. The summed E-state index contributed by atoms with van der Waals surface area (Å²) >= 11 is 0. The van der Waals surface area contributed by atoms with Gasteiger partial charge in [0.2, 0.25) is 0 Å². The van der Waals surface area contributed by atoms with Gasteiger partial charge >= 0.3 is 12.0 Å². The average molecular weight is 264 g/mol. The topological polar surface area (TPSA) is 81.1 Å². The van der Waals surface area contributed by atoms with Crippen molar-refractivity contribution in [2.75, 3.05) is 18.5 Å². The van der Waals surface area contributed by atoms with Gasteiger partial charge in [-0.25, -0.2) is 9.59 Å². The minimum atomic E-state index is -1.09. The molecule has 1 fully saturated rings. The summed E-state index contributed by atoms with van der Waals surface area (Å²) in [6.45, 7) is 0.0486. The van der Waals surface area contributed by atoms with E-state index in [2.05, 4.69) is 0 Å². The first-order valence-electron chi connectivity index (χ1n) is 6.01. The van der Waals surface area contributed by atoms with Crippen LogP contribution in [-0.4, -0.2) is 52.9 Å². The SMILES string of the molecule is CN(C(=O)N1CC(O)CC1C(=O)O)c1ccccc1. The third kappa shape index (κ3) is 2.68. The van der Waals surface area contributed by atoms with Crippen LogP contribution in [0.15, 0.2) is 30.3 Å². The molecule has 6 heteroatoms. The maximum absolute atomic E-state index is 12.3. The highest BCUT2D eigenvalue weighted by Crippen LogP contribution is 2.22. The lowest BCUT2D eigenvalue weighted by molar-refractivity contribution is -0.141. The number of para-hydroxylation sites is 1. The van der Waals surface area contributed by atoms with Gasteiger partial charge in [0.05, 0.1) is 6.10 Å². The van der Waals surface area contributed by atoms with Gasteiger partial charge in [0, 0.05) is 25.7 Å². The second kappa shape index (κ2) is 5.27.